The van der Waals surface area contributed by atoms with Gasteiger partial charge in [-0.1, -0.05) is 159 Å². The minimum atomic E-state index is -0.109. The number of benzene rings is 9. The summed E-state index contributed by atoms with van der Waals surface area (Å²) in [5.74, 6) is 0. The normalized spacial score (nSPS) is 12.9. The van der Waals surface area contributed by atoms with Crippen LogP contribution in [0.1, 0.15) is 25.0 Å². The fraction of sp³-hybridized carbons (Fsp3) is 0.0545. The highest BCUT2D eigenvalue weighted by atomic mass is 16.3. The Morgan fingerprint density at radius 3 is 1.72 bits per heavy atom. The molecule has 0 spiro atoms. The molecule has 0 radical (unpaired) electrons. The monoisotopic (exact) mass is 729 g/mol. The molecule has 0 atom stereocenters. The molecule has 11 rings (SSSR count). The third-order valence-corrected chi connectivity index (χ3v) is 12.1. The molecule has 1 aromatic heterocycles. The first kappa shape index (κ1) is 33.2. The Morgan fingerprint density at radius 1 is 0.351 bits per heavy atom. The lowest BCUT2D eigenvalue weighted by Gasteiger charge is -2.28. The third-order valence-electron chi connectivity index (χ3n) is 12.1. The topological polar surface area (TPSA) is 16.4 Å². The Bertz CT molecular complexity index is 3140. The van der Waals surface area contributed by atoms with E-state index in [1.165, 1.54) is 55.3 Å². The number of hydrogen-bond acceptors (Lipinski definition) is 2. The first-order chi connectivity index (χ1) is 28.0. The van der Waals surface area contributed by atoms with Crippen LogP contribution in [0.15, 0.2) is 205 Å². The van der Waals surface area contributed by atoms with Gasteiger partial charge in [0, 0.05) is 33.2 Å². The Balaban J connectivity index is 1.01. The van der Waals surface area contributed by atoms with Crippen molar-refractivity contribution in [2.45, 2.75) is 19.3 Å². The number of rotatable bonds is 6. The van der Waals surface area contributed by atoms with Crippen LogP contribution in [0.25, 0.3) is 77.2 Å². The Morgan fingerprint density at radius 2 is 0.912 bits per heavy atom. The predicted octanol–water partition coefficient (Wildman–Crippen LogP) is 15.5. The van der Waals surface area contributed by atoms with Crippen LogP contribution < -0.4 is 4.90 Å². The summed E-state index contributed by atoms with van der Waals surface area (Å²) in [4.78, 5) is 2.39. The maximum Gasteiger partial charge on any atom is 0.136 e. The molecular weight excluding hydrogens is 691 g/mol. The van der Waals surface area contributed by atoms with Gasteiger partial charge in [0.25, 0.3) is 0 Å². The van der Waals surface area contributed by atoms with Crippen molar-refractivity contribution in [3.63, 3.8) is 0 Å². The quantitative estimate of drug-likeness (QED) is 0.169. The summed E-state index contributed by atoms with van der Waals surface area (Å²) in [6.45, 7) is 4.70. The molecule has 270 valence electrons. The second-order valence-electron chi connectivity index (χ2n) is 15.7. The Kier molecular flexibility index (Phi) is 7.55. The second kappa shape index (κ2) is 13.0. The van der Waals surface area contributed by atoms with Crippen molar-refractivity contribution in [3.8, 4) is 44.5 Å². The third kappa shape index (κ3) is 5.40. The van der Waals surface area contributed by atoms with Crippen molar-refractivity contribution >= 4 is 49.8 Å². The lowest BCUT2D eigenvalue weighted by atomic mass is 9.82. The first-order valence-corrected chi connectivity index (χ1v) is 19.8. The van der Waals surface area contributed by atoms with E-state index in [2.05, 4.69) is 207 Å². The van der Waals surface area contributed by atoms with Crippen LogP contribution in [0.5, 0.6) is 0 Å². The highest BCUT2D eigenvalue weighted by Crippen LogP contribution is 2.51. The summed E-state index contributed by atoms with van der Waals surface area (Å²) < 4.78 is 6.25. The highest BCUT2D eigenvalue weighted by Gasteiger charge is 2.35. The van der Waals surface area contributed by atoms with Crippen molar-refractivity contribution < 1.29 is 4.42 Å². The minimum Gasteiger partial charge on any atom is -0.456 e. The molecule has 0 N–H and O–H groups in total. The molecule has 57 heavy (non-hydrogen) atoms. The minimum absolute atomic E-state index is 0.109. The second-order valence-corrected chi connectivity index (χ2v) is 15.7. The van der Waals surface area contributed by atoms with E-state index in [1.54, 1.807) is 0 Å². The van der Waals surface area contributed by atoms with E-state index >= 15 is 0 Å². The number of para-hydroxylation sites is 1. The van der Waals surface area contributed by atoms with E-state index in [0.29, 0.717) is 0 Å². The summed E-state index contributed by atoms with van der Waals surface area (Å²) in [6, 6.07) is 72.7. The molecule has 2 nitrogen and oxygen atoms in total. The van der Waals surface area contributed by atoms with Gasteiger partial charge < -0.3 is 9.32 Å². The van der Waals surface area contributed by atoms with Crippen LogP contribution in [0.2, 0.25) is 0 Å². The van der Waals surface area contributed by atoms with Gasteiger partial charge in [-0.2, -0.15) is 0 Å². The number of fused-ring (bicyclic) bond motifs is 7. The Hall–Kier alpha value is -7.16. The van der Waals surface area contributed by atoms with Crippen molar-refractivity contribution in [3.05, 3.63) is 211 Å². The fourth-order valence-electron chi connectivity index (χ4n) is 9.21. The van der Waals surface area contributed by atoms with Gasteiger partial charge in [0.1, 0.15) is 11.2 Å². The SMILES string of the molecule is CC1(C)c2ccccc2-c2ccc(N(c3ccc(-c4ccc5c(c4)oc4ccccc45)cc3)c3ccc(-c4ccccc4-c4cccc5ccccc45)cc3)cc21. The molecule has 2 heteroatoms. The van der Waals surface area contributed by atoms with Gasteiger partial charge in [0.15, 0.2) is 0 Å². The molecule has 10 aromatic rings. The van der Waals surface area contributed by atoms with Crippen LogP contribution in [-0.2, 0) is 5.41 Å². The molecule has 0 bridgehead atoms. The number of hydrogen-bond donors (Lipinski definition) is 0. The highest BCUT2D eigenvalue weighted by molar-refractivity contribution is 6.06. The summed E-state index contributed by atoms with van der Waals surface area (Å²) in [5, 5.41) is 4.80. The van der Waals surface area contributed by atoms with Gasteiger partial charge in [0.2, 0.25) is 0 Å². The van der Waals surface area contributed by atoms with Gasteiger partial charge in [-0.3, -0.25) is 0 Å². The zero-order valence-electron chi connectivity index (χ0n) is 31.9. The van der Waals surface area contributed by atoms with Crippen LogP contribution in [-0.4, -0.2) is 0 Å². The Labute approximate surface area is 332 Å². The van der Waals surface area contributed by atoms with Crippen molar-refractivity contribution in [2.75, 3.05) is 4.90 Å². The van der Waals surface area contributed by atoms with Gasteiger partial charge in [-0.15, -0.1) is 0 Å². The average Bonchev–Trinajstić information content (AvgIpc) is 3.75. The van der Waals surface area contributed by atoms with Crippen LogP contribution in [0.3, 0.4) is 0 Å². The van der Waals surface area contributed by atoms with E-state index in [1.807, 2.05) is 12.1 Å². The molecule has 0 fully saturated rings. The van der Waals surface area contributed by atoms with E-state index in [9.17, 15) is 0 Å². The van der Waals surface area contributed by atoms with E-state index in [4.69, 9.17) is 4.42 Å². The van der Waals surface area contributed by atoms with Gasteiger partial charge in [0.05, 0.1) is 0 Å². The zero-order valence-corrected chi connectivity index (χ0v) is 31.9. The summed E-state index contributed by atoms with van der Waals surface area (Å²) in [6.07, 6.45) is 0. The molecule has 1 heterocycles. The fourth-order valence-corrected chi connectivity index (χ4v) is 9.21. The number of anilines is 3. The molecule has 9 aromatic carbocycles. The number of furan rings is 1. The smallest absolute Gasteiger partial charge is 0.136 e. The molecule has 0 aliphatic heterocycles. The van der Waals surface area contributed by atoms with E-state index in [-0.39, 0.29) is 5.41 Å². The van der Waals surface area contributed by atoms with Crippen LogP contribution in [0.4, 0.5) is 17.1 Å². The first-order valence-electron chi connectivity index (χ1n) is 19.8. The lowest BCUT2D eigenvalue weighted by molar-refractivity contribution is 0.660. The maximum absolute atomic E-state index is 6.25. The molecule has 1 aliphatic carbocycles. The molecule has 0 saturated heterocycles. The summed E-state index contributed by atoms with van der Waals surface area (Å²) in [7, 11) is 0. The molecule has 0 unspecified atom stereocenters. The van der Waals surface area contributed by atoms with Crippen LogP contribution >= 0.6 is 0 Å². The van der Waals surface area contributed by atoms with E-state index < -0.39 is 0 Å². The van der Waals surface area contributed by atoms with Crippen molar-refractivity contribution in [2.24, 2.45) is 0 Å². The largest absolute Gasteiger partial charge is 0.456 e. The van der Waals surface area contributed by atoms with E-state index in [0.717, 1.165) is 50.1 Å². The molecule has 0 amide bonds. The summed E-state index contributed by atoms with van der Waals surface area (Å²) in [5.41, 5.74) is 17.6. The van der Waals surface area contributed by atoms with Crippen molar-refractivity contribution in [1.82, 2.24) is 0 Å². The standard InChI is InChI=1S/C55H39NO/c1-55(2)51-20-9-7-17-47(51)48-33-31-42(35-52(48)55)56(40-27-22-36(23-28-40)39-26-32-50-49-18-8-10-21-53(49)57-54(50)34-39)41-29-24-38(25-30-41)44-15-5-6-16-45(44)46-19-11-13-37-12-3-4-14-43(37)46/h3-35H,1-2H3. The lowest BCUT2D eigenvalue weighted by Crippen LogP contribution is -2.16. The molecule has 0 saturated carbocycles. The van der Waals surface area contributed by atoms with Gasteiger partial charge in [-0.05, 0) is 121 Å². The van der Waals surface area contributed by atoms with Gasteiger partial charge in [-0.25, -0.2) is 0 Å². The maximum atomic E-state index is 6.25. The molecular formula is C55H39NO. The average molecular weight is 730 g/mol. The number of nitrogens with zero attached hydrogens (tertiary/aromatic N) is 1. The zero-order chi connectivity index (χ0) is 38.1. The van der Waals surface area contributed by atoms with Crippen molar-refractivity contribution in [1.29, 1.82) is 0 Å². The predicted molar refractivity (Wildman–Crippen MR) is 240 cm³/mol. The van der Waals surface area contributed by atoms with Crippen LogP contribution in [0, 0.1) is 0 Å². The summed E-state index contributed by atoms with van der Waals surface area (Å²) >= 11 is 0. The van der Waals surface area contributed by atoms with Gasteiger partial charge >= 0.3 is 0 Å². The molecule has 1 aliphatic rings.